The lowest BCUT2D eigenvalue weighted by molar-refractivity contribution is -0.137. The van der Waals surface area contributed by atoms with Crippen molar-refractivity contribution in [2.75, 3.05) is 20.0 Å². The van der Waals surface area contributed by atoms with E-state index in [-0.39, 0.29) is 11.7 Å². The van der Waals surface area contributed by atoms with Crippen molar-refractivity contribution in [3.05, 3.63) is 53.3 Å². The maximum absolute atomic E-state index is 12.1. The van der Waals surface area contributed by atoms with Crippen LogP contribution in [0.15, 0.2) is 41.4 Å². The van der Waals surface area contributed by atoms with Gasteiger partial charge in [0.05, 0.1) is 25.5 Å². The number of esters is 2. The molecule has 0 amide bonds. The summed E-state index contributed by atoms with van der Waals surface area (Å²) in [6.07, 6.45) is 1.88. The zero-order valence-electron chi connectivity index (χ0n) is 13.4. The number of aromatic nitrogens is 1. The van der Waals surface area contributed by atoms with Gasteiger partial charge in [0.2, 0.25) is 0 Å². The number of hydrogen-bond donors (Lipinski definition) is 0. The summed E-state index contributed by atoms with van der Waals surface area (Å²) in [6, 6.07) is 9.96. The predicted molar refractivity (Wildman–Crippen MR) is 88.8 cm³/mol. The number of hydrogen-bond acceptors (Lipinski definition) is 5. The number of rotatable bonds is 6. The fourth-order valence-electron chi connectivity index (χ4n) is 2.22. The molecule has 0 N–H and O–H groups in total. The van der Waals surface area contributed by atoms with Crippen molar-refractivity contribution in [1.29, 1.82) is 0 Å². The molecule has 1 aromatic heterocycles. The highest BCUT2D eigenvalue weighted by Crippen LogP contribution is 2.28. The molecule has 5 nitrogen and oxygen atoms in total. The van der Waals surface area contributed by atoms with Gasteiger partial charge in [-0.2, -0.15) is 0 Å². The van der Waals surface area contributed by atoms with Crippen molar-refractivity contribution >= 4 is 23.7 Å². The zero-order chi connectivity index (χ0) is 16.8. The Morgan fingerprint density at radius 3 is 2.43 bits per heavy atom. The standard InChI is InChI=1S/C17H19NO4S/c1-12-16(17(20)22-3)14(23-11-15(19)21-2)10-18(12)9-13-7-5-4-6-8-13/h4-8,10H,9,11H2,1-3H3. The second-order valence-corrected chi connectivity index (χ2v) is 5.94. The fraction of sp³-hybridized carbons (Fsp3) is 0.294. The lowest BCUT2D eigenvalue weighted by Crippen LogP contribution is -2.07. The summed E-state index contributed by atoms with van der Waals surface area (Å²) in [4.78, 5) is 24.1. The van der Waals surface area contributed by atoms with E-state index in [0.717, 1.165) is 16.2 Å². The SMILES string of the molecule is COC(=O)CSc1cn(Cc2ccccc2)c(C)c1C(=O)OC. The number of thioether (sulfide) groups is 1. The van der Waals surface area contributed by atoms with Crippen LogP contribution in [0.2, 0.25) is 0 Å². The normalized spacial score (nSPS) is 10.4. The van der Waals surface area contributed by atoms with E-state index in [2.05, 4.69) is 4.74 Å². The second kappa shape index (κ2) is 7.87. The summed E-state index contributed by atoms with van der Waals surface area (Å²) in [5, 5.41) is 0. The highest BCUT2D eigenvalue weighted by Gasteiger charge is 2.21. The molecule has 0 unspecified atom stereocenters. The summed E-state index contributed by atoms with van der Waals surface area (Å²) in [6.45, 7) is 2.52. The van der Waals surface area contributed by atoms with Gasteiger partial charge in [-0.3, -0.25) is 4.79 Å². The number of carbonyl (C=O) groups excluding carboxylic acids is 2. The first-order valence-corrected chi connectivity index (χ1v) is 8.07. The van der Waals surface area contributed by atoms with E-state index in [1.54, 1.807) is 0 Å². The molecule has 23 heavy (non-hydrogen) atoms. The van der Waals surface area contributed by atoms with Gasteiger partial charge in [0.1, 0.15) is 0 Å². The van der Waals surface area contributed by atoms with Crippen molar-refractivity contribution in [3.63, 3.8) is 0 Å². The monoisotopic (exact) mass is 333 g/mol. The van der Waals surface area contributed by atoms with Crippen LogP contribution in [-0.4, -0.2) is 36.5 Å². The molecule has 0 spiro atoms. The Balaban J connectivity index is 2.31. The Kier molecular flexibility index (Phi) is 5.87. The molecule has 0 aliphatic carbocycles. The minimum absolute atomic E-state index is 0.148. The zero-order valence-corrected chi connectivity index (χ0v) is 14.2. The van der Waals surface area contributed by atoms with E-state index >= 15 is 0 Å². The summed E-state index contributed by atoms with van der Waals surface area (Å²) in [5.41, 5.74) is 2.44. The van der Waals surface area contributed by atoms with Gasteiger partial charge >= 0.3 is 11.9 Å². The molecule has 0 bridgehead atoms. The smallest absolute Gasteiger partial charge is 0.340 e. The maximum atomic E-state index is 12.1. The van der Waals surface area contributed by atoms with Crippen LogP contribution >= 0.6 is 11.8 Å². The van der Waals surface area contributed by atoms with Crippen molar-refractivity contribution in [1.82, 2.24) is 4.57 Å². The molecule has 2 rings (SSSR count). The van der Waals surface area contributed by atoms with Gasteiger partial charge in [-0.05, 0) is 12.5 Å². The molecule has 0 atom stereocenters. The first kappa shape index (κ1) is 17.1. The Morgan fingerprint density at radius 1 is 1.13 bits per heavy atom. The van der Waals surface area contributed by atoms with Crippen LogP contribution in [0.3, 0.4) is 0 Å². The van der Waals surface area contributed by atoms with Crippen LogP contribution < -0.4 is 0 Å². The molecular formula is C17H19NO4S. The molecule has 1 heterocycles. The van der Waals surface area contributed by atoms with Crippen LogP contribution in [0.4, 0.5) is 0 Å². The highest BCUT2D eigenvalue weighted by molar-refractivity contribution is 8.00. The predicted octanol–water partition coefficient (Wildman–Crippen LogP) is 2.90. The Labute approximate surface area is 139 Å². The first-order valence-electron chi connectivity index (χ1n) is 7.08. The van der Waals surface area contributed by atoms with Crippen molar-refractivity contribution in [3.8, 4) is 0 Å². The van der Waals surface area contributed by atoms with Gasteiger partial charge in [0.25, 0.3) is 0 Å². The first-order chi connectivity index (χ1) is 11.1. The van der Waals surface area contributed by atoms with Crippen molar-refractivity contribution < 1.29 is 19.1 Å². The third-order valence-corrected chi connectivity index (χ3v) is 4.47. The van der Waals surface area contributed by atoms with Gasteiger partial charge < -0.3 is 14.0 Å². The van der Waals surface area contributed by atoms with Gasteiger partial charge in [-0.25, -0.2) is 4.79 Å². The average molecular weight is 333 g/mol. The average Bonchev–Trinajstić information content (AvgIpc) is 2.88. The van der Waals surface area contributed by atoms with E-state index in [4.69, 9.17) is 4.74 Å². The minimum Gasteiger partial charge on any atom is -0.468 e. The molecule has 0 aliphatic rings. The van der Waals surface area contributed by atoms with E-state index in [1.165, 1.54) is 26.0 Å². The number of benzene rings is 1. The third kappa shape index (κ3) is 4.16. The fourth-order valence-corrected chi connectivity index (χ4v) is 3.19. The molecular weight excluding hydrogens is 314 g/mol. The minimum atomic E-state index is -0.401. The summed E-state index contributed by atoms with van der Waals surface area (Å²) < 4.78 is 11.5. The molecule has 122 valence electrons. The van der Waals surface area contributed by atoms with E-state index in [1.807, 2.05) is 48.0 Å². The number of carbonyl (C=O) groups is 2. The topological polar surface area (TPSA) is 57.5 Å². The maximum Gasteiger partial charge on any atom is 0.340 e. The molecule has 0 fully saturated rings. The molecule has 1 aromatic carbocycles. The summed E-state index contributed by atoms with van der Waals surface area (Å²) in [7, 11) is 2.70. The van der Waals surface area contributed by atoms with Crippen molar-refractivity contribution in [2.24, 2.45) is 0 Å². The second-order valence-electron chi connectivity index (χ2n) is 4.92. The van der Waals surface area contributed by atoms with Crippen LogP contribution in [0.5, 0.6) is 0 Å². The van der Waals surface area contributed by atoms with E-state index in [9.17, 15) is 9.59 Å². The number of methoxy groups -OCH3 is 2. The Bertz CT molecular complexity index is 694. The largest absolute Gasteiger partial charge is 0.468 e. The Hall–Kier alpha value is -2.21. The van der Waals surface area contributed by atoms with Crippen LogP contribution in [-0.2, 0) is 20.8 Å². The van der Waals surface area contributed by atoms with Crippen molar-refractivity contribution in [2.45, 2.75) is 18.4 Å². The van der Waals surface area contributed by atoms with Gasteiger partial charge in [-0.1, -0.05) is 30.3 Å². The van der Waals surface area contributed by atoms with E-state index in [0.29, 0.717) is 12.1 Å². The van der Waals surface area contributed by atoms with Gasteiger partial charge in [0.15, 0.2) is 0 Å². The van der Waals surface area contributed by atoms with Gasteiger partial charge in [-0.15, -0.1) is 11.8 Å². The quantitative estimate of drug-likeness (QED) is 0.601. The molecule has 0 aliphatic heterocycles. The lowest BCUT2D eigenvalue weighted by Gasteiger charge is -2.07. The molecule has 0 radical (unpaired) electrons. The number of ether oxygens (including phenoxy) is 2. The summed E-state index contributed by atoms with van der Waals surface area (Å²) in [5.74, 6) is -0.587. The lowest BCUT2D eigenvalue weighted by atomic mass is 10.2. The highest BCUT2D eigenvalue weighted by atomic mass is 32.2. The molecule has 6 heteroatoms. The van der Waals surface area contributed by atoms with Crippen LogP contribution in [0.25, 0.3) is 0 Å². The Morgan fingerprint density at radius 2 is 1.83 bits per heavy atom. The number of nitrogens with zero attached hydrogens (tertiary/aromatic N) is 1. The molecule has 0 saturated carbocycles. The summed E-state index contributed by atoms with van der Waals surface area (Å²) >= 11 is 1.27. The van der Waals surface area contributed by atoms with Gasteiger partial charge in [0, 0.05) is 23.3 Å². The van der Waals surface area contributed by atoms with Crippen LogP contribution in [0.1, 0.15) is 21.6 Å². The van der Waals surface area contributed by atoms with E-state index < -0.39 is 5.97 Å². The third-order valence-electron chi connectivity index (χ3n) is 3.47. The van der Waals surface area contributed by atoms with Crippen LogP contribution in [0, 0.1) is 6.92 Å². The molecule has 0 saturated heterocycles. The molecule has 2 aromatic rings.